The lowest BCUT2D eigenvalue weighted by Crippen LogP contribution is -2.61. The van der Waals surface area contributed by atoms with Gasteiger partial charge in [0.15, 0.2) is 0 Å². The van der Waals surface area contributed by atoms with Crippen LogP contribution in [0.2, 0.25) is 0 Å². The summed E-state index contributed by atoms with van der Waals surface area (Å²) in [5.41, 5.74) is -0.553. The third-order valence-corrected chi connectivity index (χ3v) is 3.75. The summed E-state index contributed by atoms with van der Waals surface area (Å²) in [6.07, 6.45) is 4.14. The SMILES string of the molecule is CC1(NC(=O)C2(C)CCCCN2)CCOC1. The molecule has 2 rings (SSSR count). The summed E-state index contributed by atoms with van der Waals surface area (Å²) in [7, 11) is 0. The van der Waals surface area contributed by atoms with Gasteiger partial charge in [0.2, 0.25) is 5.91 Å². The number of hydrogen-bond donors (Lipinski definition) is 2. The number of carbonyl (C=O) groups is 1. The summed E-state index contributed by atoms with van der Waals surface area (Å²) in [5.74, 6) is 0.125. The topological polar surface area (TPSA) is 50.4 Å². The first-order valence-corrected chi connectivity index (χ1v) is 6.20. The van der Waals surface area contributed by atoms with E-state index in [1.165, 1.54) is 6.42 Å². The summed E-state index contributed by atoms with van der Waals surface area (Å²) in [6.45, 7) is 6.39. The van der Waals surface area contributed by atoms with Crippen molar-refractivity contribution in [3.63, 3.8) is 0 Å². The molecule has 2 heterocycles. The molecule has 0 radical (unpaired) electrons. The highest BCUT2D eigenvalue weighted by molar-refractivity contribution is 5.86. The summed E-state index contributed by atoms with van der Waals surface area (Å²) < 4.78 is 5.35. The Morgan fingerprint density at radius 2 is 2.12 bits per heavy atom. The van der Waals surface area contributed by atoms with Gasteiger partial charge in [0.1, 0.15) is 0 Å². The van der Waals surface area contributed by atoms with Crippen molar-refractivity contribution < 1.29 is 9.53 Å². The minimum Gasteiger partial charge on any atom is -0.379 e. The minimum atomic E-state index is -0.385. The summed E-state index contributed by atoms with van der Waals surface area (Å²) in [6, 6.07) is 0. The highest BCUT2D eigenvalue weighted by Crippen LogP contribution is 2.23. The number of rotatable bonds is 2. The van der Waals surface area contributed by atoms with E-state index in [4.69, 9.17) is 4.74 Å². The Morgan fingerprint density at radius 1 is 1.31 bits per heavy atom. The molecule has 0 aromatic carbocycles. The van der Waals surface area contributed by atoms with Crippen molar-refractivity contribution in [3.05, 3.63) is 0 Å². The molecule has 2 atom stereocenters. The molecular weight excluding hydrogens is 204 g/mol. The zero-order chi connectivity index (χ0) is 11.6. The summed E-state index contributed by atoms with van der Waals surface area (Å²) >= 11 is 0. The van der Waals surface area contributed by atoms with Gasteiger partial charge < -0.3 is 15.4 Å². The van der Waals surface area contributed by atoms with Crippen molar-refractivity contribution in [3.8, 4) is 0 Å². The molecule has 0 aromatic rings. The van der Waals surface area contributed by atoms with Crippen molar-refractivity contribution in [2.24, 2.45) is 0 Å². The Kier molecular flexibility index (Phi) is 3.22. The van der Waals surface area contributed by atoms with Crippen molar-refractivity contribution in [1.29, 1.82) is 0 Å². The van der Waals surface area contributed by atoms with Crippen LogP contribution in [0.25, 0.3) is 0 Å². The van der Waals surface area contributed by atoms with Crippen LogP contribution >= 0.6 is 0 Å². The second-order valence-corrected chi connectivity index (χ2v) is 5.53. The van der Waals surface area contributed by atoms with Gasteiger partial charge in [0.05, 0.1) is 17.7 Å². The van der Waals surface area contributed by atoms with Gasteiger partial charge in [0.25, 0.3) is 0 Å². The number of carbonyl (C=O) groups excluding carboxylic acids is 1. The zero-order valence-electron chi connectivity index (χ0n) is 10.3. The van der Waals surface area contributed by atoms with Crippen LogP contribution in [0.3, 0.4) is 0 Å². The average molecular weight is 226 g/mol. The Bertz CT molecular complexity index is 266. The average Bonchev–Trinajstić information content (AvgIpc) is 2.66. The maximum absolute atomic E-state index is 12.3. The molecule has 2 aliphatic rings. The predicted octanol–water partition coefficient (Wildman–Crippen LogP) is 0.814. The van der Waals surface area contributed by atoms with Crippen LogP contribution in [0.5, 0.6) is 0 Å². The number of nitrogens with one attached hydrogen (secondary N) is 2. The first-order chi connectivity index (χ1) is 7.54. The highest BCUT2D eigenvalue weighted by atomic mass is 16.5. The fraction of sp³-hybridized carbons (Fsp3) is 0.917. The molecule has 0 spiro atoms. The van der Waals surface area contributed by atoms with Crippen molar-refractivity contribution in [2.75, 3.05) is 19.8 Å². The largest absolute Gasteiger partial charge is 0.379 e. The fourth-order valence-corrected chi connectivity index (χ4v) is 2.43. The Hall–Kier alpha value is -0.610. The van der Waals surface area contributed by atoms with Gasteiger partial charge in [-0.15, -0.1) is 0 Å². The van der Waals surface area contributed by atoms with Crippen molar-refractivity contribution in [1.82, 2.24) is 10.6 Å². The third-order valence-electron chi connectivity index (χ3n) is 3.75. The third kappa shape index (κ3) is 2.38. The molecule has 4 nitrogen and oxygen atoms in total. The van der Waals surface area contributed by atoms with Crippen LogP contribution in [-0.4, -0.2) is 36.7 Å². The molecule has 2 saturated heterocycles. The van der Waals surface area contributed by atoms with E-state index >= 15 is 0 Å². The summed E-state index contributed by atoms with van der Waals surface area (Å²) in [5, 5.41) is 6.47. The molecule has 0 saturated carbocycles. The smallest absolute Gasteiger partial charge is 0.240 e. The van der Waals surface area contributed by atoms with Gasteiger partial charge in [-0.25, -0.2) is 0 Å². The Balaban J connectivity index is 1.96. The maximum atomic E-state index is 12.3. The quantitative estimate of drug-likeness (QED) is 0.732. The maximum Gasteiger partial charge on any atom is 0.240 e. The zero-order valence-corrected chi connectivity index (χ0v) is 10.3. The fourth-order valence-electron chi connectivity index (χ4n) is 2.43. The Labute approximate surface area is 97.1 Å². The standard InChI is InChI=1S/C12H22N2O2/c1-11(6-8-16-9-11)14-10(15)12(2)5-3-4-7-13-12/h13H,3-9H2,1-2H3,(H,14,15). The second-order valence-electron chi connectivity index (χ2n) is 5.53. The van der Waals surface area contributed by atoms with Crippen LogP contribution in [0.15, 0.2) is 0 Å². The van der Waals surface area contributed by atoms with E-state index in [0.29, 0.717) is 6.61 Å². The number of amides is 1. The second kappa shape index (κ2) is 4.34. The monoisotopic (exact) mass is 226 g/mol. The molecule has 2 unspecified atom stereocenters. The number of hydrogen-bond acceptors (Lipinski definition) is 3. The van der Waals surface area contributed by atoms with Gasteiger partial charge in [0, 0.05) is 6.61 Å². The number of ether oxygens (including phenoxy) is 1. The van der Waals surface area contributed by atoms with Crippen molar-refractivity contribution >= 4 is 5.91 Å². The van der Waals surface area contributed by atoms with Gasteiger partial charge in [-0.05, 0) is 46.1 Å². The van der Waals surface area contributed by atoms with E-state index in [-0.39, 0.29) is 17.0 Å². The van der Waals surface area contributed by atoms with Gasteiger partial charge in [-0.2, -0.15) is 0 Å². The molecule has 0 bridgehead atoms. The molecule has 2 fully saturated rings. The highest BCUT2D eigenvalue weighted by Gasteiger charge is 2.39. The van der Waals surface area contributed by atoms with Crippen LogP contribution in [-0.2, 0) is 9.53 Å². The van der Waals surface area contributed by atoms with Gasteiger partial charge in [-0.3, -0.25) is 4.79 Å². The van der Waals surface area contributed by atoms with Crippen LogP contribution < -0.4 is 10.6 Å². The lowest BCUT2D eigenvalue weighted by Gasteiger charge is -2.36. The van der Waals surface area contributed by atoms with E-state index in [9.17, 15) is 4.79 Å². The van der Waals surface area contributed by atoms with Crippen molar-refractivity contribution in [2.45, 2.75) is 50.6 Å². The predicted molar refractivity (Wildman–Crippen MR) is 62.2 cm³/mol. The Morgan fingerprint density at radius 3 is 2.69 bits per heavy atom. The van der Waals surface area contributed by atoms with E-state index < -0.39 is 0 Å². The molecule has 4 heteroatoms. The first-order valence-electron chi connectivity index (χ1n) is 6.20. The van der Waals surface area contributed by atoms with E-state index in [1.807, 2.05) is 6.92 Å². The number of piperidine rings is 1. The lowest BCUT2D eigenvalue weighted by atomic mass is 9.88. The lowest BCUT2D eigenvalue weighted by molar-refractivity contribution is -0.129. The molecular formula is C12H22N2O2. The van der Waals surface area contributed by atoms with Crippen LogP contribution in [0.4, 0.5) is 0 Å². The van der Waals surface area contributed by atoms with E-state index in [1.54, 1.807) is 0 Å². The molecule has 2 N–H and O–H groups in total. The van der Waals surface area contributed by atoms with Gasteiger partial charge in [-0.1, -0.05) is 0 Å². The normalized spacial score (nSPS) is 39.6. The van der Waals surface area contributed by atoms with Crippen LogP contribution in [0, 0.1) is 0 Å². The first kappa shape index (κ1) is 11.9. The van der Waals surface area contributed by atoms with E-state index in [0.717, 1.165) is 32.4 Å². The molecule has 16 heavy (non-hydrogen) atoms. The van der Waals surface area contributed by atoms with Gasteiger partial charge >= 0.3 is 0 Å². The van der Waals surface area contributed by atoms with Crippen LogP contribution in [0.1, 0.15) is 39.5 Å². The molecule has 0 aromatic heterocycles. The molecule has 1 amide bonds. The minimum absolute atomic E-state index is 0.125. The molecule has 2 aliphatic heterocycles. The van der Waals surface area contributed by atoms with E-state index in [2.05, 4.69) is 17.6 Å². The molecule has 0 aliphatic carbocycles. The summed E-state index contributed by atoms with van der Waals surface area (Å²) in [4.78, 5) is 12.3. The molecule has 92 valence electrons.